The Balaban J connectivity index is 1.84. The molecule has 0 saturated carbocycles. The minimum atomic E-state index is -3.18. The van der Waals surface area contributed by atoms with Crippen molar-refractivity contribution < 1.29 is 17.6 Å². The van der Waals surface area contributed by atoms with Gasteiger partial charge in [0.1, 0.15) is 5.76 Å². The maximum Gasteiger partial charge on any atom is 0.286 e. The molecule has 1 aromatic heterocycles. The third kappa shape index (κ3) is 5.26. The van der Waals surface area contributed by atoms with Crippen LogP contribution in [0.5, 0.6) is 0 Å². The SMILES string of the molecule is CSCc1ccc(C(=O)NCC[C@@H]2CCCCN2S(C)(=O)=O)o1. The number of hydrogen-bond acceptors (Lipinski definition) is 5. The monoisotopic (exact) mass is 360 g/mol. The van der Waals surface area contributed by atoms with Crippen LogP contribution in [0.15, 0.2) is 16.5 Å². The zero-order valence-electron chi connectivity index (χ0n) is 13.6. The summed E-state index contributed by atoms with van der Waals surface area (Å²) in [7, 11) is -3.18. The average molecular weight is 361 g/mol. The normalized spacial score (nSPS) is 19.7. The van der Waals surface area contributed by atoms with Crippen LogP contribution in [0.1, 0.15) is 42.0 Å². The number of sulfonamides is 1. The topological polar surface area (TPSA) is 79.6 Å². The van der Waals surface area contributed by atoms with Gasteiger partial charge in [0.2, 0.25) is 10.0 Å². The fourth-order valence-electron chi connectivity index (χ4n) is 2.86. The van der Waals surface area contributed by atoms with E-state index in [0.29, 0.717) is 25.3 Å². The molecular formula is C15H24N2O4S2. The van der Waals surface area contributed by atoms with Crippen LogP contribution in [0.4, 0.5) is 0 Å². The molecule has 0 bridgehead atoms. The summed E-state index contributed by atoms with van der Waals surface area (Å²) in [5.41, 5.74) is 0. The van der Waals surface area contributed by atoms with Gasteiger partial charge < -0.3 is 9.73 Å². The Bertz CT molecular complexity index is 627. The van der Waals surface area contributed by atoms with Crippen molar-refractivity contribution in [1.82, 2.24) is 9.62 Å². The fourth-order valence-corrected chi connectivity index (χ4v) is 4.51. The van der Waals surface area contributed by atoms with Crippen LogP contribution in [0.3, 0.4) is 0 Å². The molecule has 0 radical (unpaired) electrons. The maximum atomic E-state index is 12.0. The highest BCUT2D eigenvalue weighted by atomic mass is 32.2. The van der Waals surface area contributed by atoms with Crippen molar-refractivity contribution in [2.75, 3.05) is 25.6 Å². The zero-order chi connectivity index (χ0) is 16.9. The van der Waals surface area contributed by atoms with Crippen molar-refractivity contribution in [2.45, 2.75) is 37.5 Å². The Morgan fingerprint density at radius 3 is 2.91 bits per heavy atom. The number of piperidine rings is 1. The van der Waals surface area contributed by atoms with Crippen molar-refractivity contribution in [1.29, 1.82) is 0 Å². The molecule has 0 aromatic carbocycles. The zero-order valence-corrected chi connectivity index (χ0v) is 15.2. The first-order valence-corrected chi connectivity index (χ1v) is 11.0. The van der Waals surface area contributed by atoms with E-state index >= 15 is 0 Å². The van der Waals surface area contributed by atoms with Crippen molar-refractivity contribution in [2.24, 2.45) is 0 Å². The summed E-state index contributed by atoms with van der Waals surface area (Å²) in [5.74, 6) is 1.56. The van der Waals surface area contributed by atoms with Crippen LogP contribution < -0.4 is 5.32 Å². The Morgan fingerprint density at radius 1 is 1.43 bits per heavy atom. The first-order valence-electron chi connectivity index (χ1n) is 7.74. The number of carbonyl (C=O) groups excluding carboxylic acids is 1. The van der Waals surface area contributed by atoms with Gasteiger partial charge in [-0.3, -0.25) is 4.79 Å². The van der Waals surface area contributed by atoms with E-state index in [9.17, 15) is 13.2 Å². The quantitative estimate of drug-likeness (QED) is 0.805. The summed E-state index contributed by atoms with van der Waals surface area (Å²) in [4.78, 5) is 12.0. The number of rotatable bonds is 7. The molecule has 1 amide bonds. The predicted molar refractivity (Wildman–Crippen MR) is 92.1 cm³/mol. The summed E-state index contributed by atoms with van der Waals surface area (Å²) in [6.45, 7) is 1.02. The van der Waals surface area contributed by atoms with Crippen LogP contribution >= 0.6 is 11.8 Å². The van der Waals surface area contributed by atoms with Gasteiger partial charge in [-0.1, -0.05) is 6.42 Å². The standard InChI is InChI=1S/C15H24N2O4S2/c1-22-11-13-6-7-14(21-13)15(18)16-9-8-12-5-3-4-10-17(12)23(2,19)20/h6-7,12H,3-5,8-11H2,1-2H3,(H,16,18)/t12-/m0/s1. The molecule has 2 rings (SSSR count). The first kappa shape index (κ1) is 18.4. The van der Waals surface area contributed by atoms with Crippen molar-refractivity contribution in [3.63, 3.8) is 0 Å². The van der Waals surface area contributed by atoms with E-state index < -0.39 is 10.0 Å². The average Bonchev–Trinajstić information content (AvgIpc) is 2.96. The van der Waals surface area contributed by atoms with Crippen LogP contribution in [0, 0.1) is 0 Å². The van der Waals surface area contributed by atoms with Gasteiger partial charge in [0.15, 0.2) is 5.76 Å². The molecule has 2 heterocycles. The molecule has 0 spiro atoms. The Labute approximate surface area is 142 Å². The minimum Gasteiger partial charge on any atom is -0.455 e. The Kier molecular flexibility index (Phi) is 6.55. The number of hydrogen-bond donors (Lipinski definition) is 1. The van der Waals surface area contributed by atoms with Gasteiger partial charge in [-0.05, 0) is 37.7 Å². The van der Waals surface area contributed by atoms with E-state index in [1.165, 1.54) is 6.26 Å². The van der Waals surface area contributed by atoms with E-state index in [1.54, 1.807) is 28.2 Å². The number of furan rings is 1. The third-order valence-electron chi connectivity index (χ3n) is 3.93. The van der Waals surface area contributed by atoms with Crippen LogP contribution in [0.2, 0.25) is 0 Å². The smallest absolute Gasteiger partial charge is 0.286 e. The number of amides is 1. The lowest BCUT2D eigenvalue weighted by Crippen LogP contribution is -2.44. The second kappa shape index (κ2) is 8.21. The molecule has 8 heteroatoms. The lowest BCUT2D eigenvalue weighted by molar-refractivity contribution is 0.0920. The highest BCUT2D eigenvalue weighted by Crippen LogP contribution is 2.22. The minimum absolute atomic E-state index is 0.0253. The van der Waals surface area contributed by atoms with Gasteiger partial charge in [0.05, 0.1) is 12.0 Å². The number of nitrogens with one attached hydrogen (secondary N) is 1. The highest BCUT2D eigenvalue weighted by molar-refractivity contribution is 7.97. The van der Waals surface area contributed by atoms with Gasteiger partial charge in [-0.2, -0.15) is 16.1 Å². The molecule has 23 heavy (non-hydrogen) atoms. The van der Waals surface area contributed by atoms with E-state index in [4.69, 9.17) is 4.42 Å². The lowest BCUT2D eigenvalue weighted by Gasteiger charge is -2.33. The molecule has 130 valence electrons. The second-order valence-corrected chi connectivity index (χ2v) is 8.57. The van der Waals surface area contributed by atoms with Crippen LogP contribution in [-0.4, -0.2) is 50.3 Å². The molecule has 1 saturated heterocycles. The van der Waals surface area contributed by atoms with Gasteiger partial charge in [-0.25, -0.2) is 8.42 Å². The molecular weight excluding hydrogens is 336 g/mol. The molecule has 6 nitrogen and oxygen atoms in total. The summed E-state index contributed by atoms with van der Waals surface area (Å²) < 4.78 is 30.6. The maximum absolute atomic E-state index is 12.0. The third-order valence-corrected chi connectivity index (χ3v) is 5.84. The largest absolute Gasteiger partial charge is 0.455 e. The van der Waals surface area contributed by atoms with Crippen molar-refractivity contribution >= 4 is 27.7 Å². The van der Waals surface area contributed by atoms with Crippen molar-refractivity contribution in [3.05, 3.63) is 23.7 Å². The number of nitrogens with zero attached hydrogens (tertiary/aromatic N) is 1. The fraction of sp³-hybridized carbons (Fsp3) is 0.667. The van der Waals surface area contributed by atoms with E-state index in [0.717, 1.165) is 30.8 Å². The van der Waals surface area contributed by atoms with Crippen LogP contribution in [0.25, 0.3) is 0 Å². The van der Waals surface area contributed by atoms with Crippen LogP contribution in [-0.2, 0) is 15.8 Å². The Hall–Kier alpha value is -0.990. The summed E-state index contributed by atoms with van der Waals surface area (Å²) in [6, 6.07) is 3.45. The number of carbonyl (C=O) groups is 1. The molecule has 1 fully saturated rings. The molecule has 1 N–H and O–H groups in total. The van der Waals surface area contributed by atoms with E-state index in [-0.39, 0.29) is 11.9 Å². The lowest BCUT2D eigenvalue weighted by atomic mass is 10.0. The van der Waals surface area contributed by atoms with E-state index in [2.05, 4.69) is 5.32 Å². The molecule has 0 unspecified atom stereocenters. The molecule has 1 aromatic rings. The van der Waals surface area contributed by atoms with Gasteiger partial charge in [0, 0.05) is 19.1 Å². The molecule has 0 aliphatic carbocycles. The summed E-state index contributed by atoms with van der Waals surface area (Å²) in [5, 5.41) is 2.81. The second-order valence-electron chi connectivity index (χ2n) is 5.77. The van der Waals surface area contributed by atoms with Gasteiger partial charge >= 0.3 is 0 Å². The van der Waals surface area contributed by atoms with Gasteiger partial charge in [-0.15, -0.1) is 0 Å². The van der Waals surface area contributed by atoms with Gasteiger partial charge in [0.25, 0.3) is 5.91 Å². The van der Waals surface area contributed by atoms with Crippen molar-refractivity contribution in [3.8, 4) is 0 Å². The number of thioether (sulfide) groups is 1. The molecule has 1 aliphatic heterocycles. The summed E-state index contributed by atoms with van der Waals surface area (Å²) in [6.07, 6.45) is 6.63. The Morgan fingerprint density at radius 2 is 2.22 bits per heavy atom. The summed E-state index contributed by atoms with van der Waals surface area (Å²) >= 11 is 1.63. The molecule has 1 atom stereocenters. The van der Waals surface area contributed by atoms with E-state index in [1.807, 2.05) is 6.26 Å². The predicted octanol–water partition coefficient (Wildman–Crippen LogP) is 2.08. The highest BCUT2D eigenvalue weighted by Gasteiger charge is 2.28. The molecule has 1 aliphatic rings. The first-order chi connectivity index (χ1) is 10.9.